The Labute approximate surface area is 99.8 Å². The number of fused-ring (bicyclic) bond motifs is 3. The normalized spacial score (nSPS) is 11.4. The van der Waals surface area contributed by atoms with Crippen LogP contribution in [0, 0.1) is 12.7 Å². The molecule has 1 aromatic carbocycles. The third-order valence-electron chi connectivity index (χ3n) is 2.65. The highest BCUT2D eigenvalue weighted by molar-refractivity contribution is 9.10. The number of nitrogens with zero attached hydrogens (tertiary/aromatic N) is 2. The Morgan fingerprint density at radius 3 is 2.88 bits per heavy atom. The standard InChI is InChI=1S/C12H8BrFN2/c1-7-12(13)16-10-4-3-9(14)6-8(10)2-5-11(16)15-7/h2-6H,1H3. The lowest BCUT2D eigenvalue weighted by Gasteiger charge is -2.03. The van der Waals surface area contributed by atoms with Crippen LogP contribution in [0.4, 0.5) is 4.39 Å². The first-order valence-corrected chi connectivity index (χ1v) is 5.69. The van der Waals surface area contributed by atoms with Gasteiger partial charge in [0, 0.05) is 5.39 Å². The molecule has 3 rings (SSSR count). The molecule has 0 atom stereocenters. The van der Waals surface area contributed by atoms with Gasteiger partial charge >= 0.3 is 0 Å². The van der Waals surface area contributed by atoms with Crippen LogP contribution in [0.25, 0.3) is 16.6 Å². The van der Waals surface area contributed by atoms with Crippen molar-refractivity contribution in [2.45, 2.75) is 6.92 Å². The first-order valence-electron chi connectivity index (χ1n) is 4.89. The van der Waals surface area contributed by atoms with E-state index in [1.165, 1.54) is 12.1 Å². The van der Waals surface area contributed by atoms with Gasteiger partial charge in [0.2, 0.25) is 0 Å². The topological polar surface area (TPSA) is 17.3 Å². The maximum absolute atomic E-state index is 13.1. The van der Waals surface area contributed by atoms with Crippen molar-refractivity contribution in [3.63, 3.8) is 0 Å². The predicted octanol–water partition coefficient (Wildman–Crippen LogP) is 3.70. The summed E-state index contributed by atoms with van der Waals surface area (Å²) in [6, 6.07) is 8.52. The van der Waals surface area contributed by atoms with E-state index in [4.69, 9.17) is 0 Å². The lowest BCUT2D eigenvalue weighted by molar-refractivity contribution is 0.629. The van der Waals surface area contributed by atoms with Gasteiger partial charge in [0.15, 0.2) is 0 Å². The molecule has 0 radical (unpaired) electrons. The second-order valence-electron chi connectivity index (χ2n) is 3.72. The Morgan fingerprint density at radius 2 is 2.06 bits per heavy atom. The molecule has 2 heterocycles. The number of hydrogen-bond donors (Lipinski definition) is 0. The maximum Gasteiger partial charge on any atom is 0.138 e. The molecule has 3 aromatic rings. The molecule has 0 saturated carbocycles. The van der Waals surface area contributed by atoms with E-state index in [0.717, 1.165) is 26.8 Å². The third-order valence-corrected chi connectivity index (χ3v) is 3.58. The zero-order chi connectivity index (χ0) is 11.3. The molecule has 0 unspecified atom stereocenters. The van der Waals surface area contributed by atoms with Crippen LogP contribution in [-0.2, 0) is 0 Å². The first kappa shape index (κ1) is 9.78. The minimum atomic E-state index is -0.222. The zero-order valence-electron chi connectivity index (χ0n) is 8.54. The summed E-state index contributed by atoms with van der Waals surface area (Å²) in [6.45, 7) is 1.94. The van der Waals surface area contributed by atoms with Crippen molar-refractivity contribution in [3.05, 3.63) is 46.4 Å². The summed E-state index contributed by atoms with van der Waals surface area (Å²) in [4.78, 5) is 4.41. The number of halogens is 2. The van der Waals surface area contributed by atoms with Crippen LogP contribution in [0.3, 0.4) is 0 Å². The Hall–Kier alpha value is -1.42. The van der Waals surface area contributed by atoms with Crippen LogP contribution in [0.2, 0.25) is 0 Å². The van der Waals surface area contributed by atoms with E-state index in [1.807, 2.05) is 23.5 Å². The van der Waals surface area contributed by atoms with E-state index in [0.29, 0.717) is 0 Å². The Morgan fingerprint density at radius 1 is 1.25 bits per heavy atom. The van der Waals surface area contributed by atoms with Gasteiger partial charge in [-0.15, -0.1) is 0 Å². The molecule has 0 amide bonds. The zero-order valence-corrected chi connectivity index (χ0v) is 10.1. The van der Waals surface area contributed by atoms with Gasteiger partial charge in [-0.25, -0.2) is 9.37 Å². The van der Waals surface area contributed by atoms with Crippen molar-refractivity contribution in [2.75, 3.05) is 0 Å². The highest BCUT2D eigenvalue weighted by atomic mass is 79.9. The van der Waals surface area contributed by atoms with Crippen molar-refractivity contribution in [2.24, 2.45) is 0 Å². The summed E-state index contributed by atoms with van der Waals surface area (Å²) < 4.78 is 16.0. The summed E-state index contributed by atoms with van der Waals surface area (Å²) in [5, 5.41) is 0.866. The number of pyridine rings is 1. The minimum Gasteiger partial charge on any atom is -0.286 e. The second-order valence-corrected chi connectivity index (χ2v) is 4.47. The van der Waals surface area contributed by atoms with Crippen LogP contribution in [-0.4, -0.2) is 9.38 Å². The van der Waals surface area contributed by atoms with Crippen LogP contribution in [0.15, 0.2) is 34.9 Å². The quantitative estimate of drug-likeness (QED) is 0.613. The van der Waals surface area contributed by atoms with Crippen molar-refractivity contribution in [1.82, 2.24) is 9.38 Å². The molecule has 0 N–H and O–H groups in total. The number of aromatic nitrogens is 2. The molecule has 0 saturated heterocycles. The summed E-state index contributed by atoms with van der Waals surface area (Å²) in [6.07, 6.45) is 0. The fourth-order valence-corrected chi connectivity index (χ4v) is 2.36. The van der Waals surface area contributed by atoms with Gasteiger partial charge < -0.3 is 0 Å². The average molecular weight is 279 g/mol. The van der Waals surface area contributed by atoms with E-state index < -0.39 is 0 Å². The minimum absolute atomic E-state index is 0.222. The van der Waals surface area contributed by atoms with Gasteiger partial charge in [0.1, 0.15) is 16.1 Å². The Bertz CT molecular complexity index is 703. The SMILES string of the molecule is Cc1nc2ccc3cc(F)ccc3n2c1Br. The number of aryl methyl sites for hydroxylation is 1. The smallest absolute Gasteiger partial charge is 0.138 e. The van der Waals surface area contributed by atoms with E-state index >= 15 is 0 Å². The average Bonchev–Trinajstić information content (AvgIpc) is 2.55. The summed E-state index contributed by atoms with van der Waals surface area (Å²) in [5.74, 6) is -0.222. The lowest BCUT2D eigenvalue weighted by atomic mass is 10.2. The molecule has 0 aliphatic heterocycles. The summed E-state index contributed by atoms with van der Waals surface area (Å²) >= 11 is 3.50. The van der Waals surface area contributed by atoms with E-state index in [9.17, 15) is 4.39 Å². The number of rotatable bonds is 0. The first-order chi connectivity index (χ1) is 7.66. The van der Waals surface area contributed by atoms with E-state index in [-0.39, 0.29) is 5.82 Å². The highest BCUT2D eigenvalue weighted by Crippen LogP contribution is 2.24. The molecule has 80 valence electrons. The summed E-state index contributed by atoms with van der Waals surface area (Å²) in [5.41, 5.74) is 2.74. The molecule has 2 aromatic heterocycles. The second kappa shape index (κ2) is 3.28. The van der Waals surface area contributed by atoms with Crippen molar-refractivity contribution in [1.29, 1.82) is 0 Å². The van der Waals surface area contributed by atoms with Gasteiger partial charge in [0.05, 0.1) is 11.2 Å². The molecule has 0 aliphatic carbocycles. The molecule has 0 spiro atoms. The van der Waals surface area contributed by atoms with E-state index in [2.05, 4.69) is 20.9 Å². The Kier molecular flexibility index (Phi) is 2.01. The van der Waals surface area contributed by atoms with Gasteiger partial charge in [-0.2, -0.15) is 0 Å². The van der Waals surface area contributed by atoms with Gasteiger partial charge in [-0.1, -0.05) is 0 Å². The number of imidazole rings is 1. The predicted molar refractivity (Wildman–Crippen MR) is 65.1 cm³/mol. The molecule has 4 heteroatoms. The van der Waals surface area contributed by atoms with Crippen LogP contribution < -0.4 is 0 Å². The number of benzene rings is 1. The van der Waals surface area contributed by atoms with Crippen LogP contribution in [0.5, 0.6) is 0 Å². The van der Waals surface area contributed by atoms with E-state index in [1.54, 1.807) is 6.07 Å². The highest BCUT2D eigenvalue weighted by Gasteiger charge is 2.08. The largest absolute Gasteiger partial charge is 0.286 e. The Balaban J connectivity index is 2.57. The summed E-state index contributed by atoms with van der Waals surface area (Å²) in [7, 11) is 0. The molecular weight excluding hydrogens is 271 g/mol. The third kappa shape index (κ3) is 1.26. The van der Waals surface area contributed by atoms with Crippen molar-refractivity contribution >= 4 is 32.5 Å². The molecule has 0 aliphatic rings. The molecule has 0 fully saturated rings. The fourth-order valence-electron chi connectivity index (χ4n) is 1.90. The maximum atomic E-state index is 13.1. The molecule has 16 heavy (non-hydrogen) atoms. The lowest BCUT2D eigenvalue weighted by Crippen LogP contribution is -1.89. The molecular formula is C12H8BrFN2. The van der Waals surface area contributed by atoms with Gasteiger partial charge in [-0.05, 0) is 53.2 Å². The molecule has 2 nitrogen and oxygen atoms in total. The van der Waals surface area contributed by atoms with Gasteiger partial charge in [0.25, 0.3) is 0 Å². The molecule has 0 bridgehead atoms. The van der Waals surface area contributed by atoms with Crippen molar-refractivity contribution < 1.29 is 4.39 Å². The van der Waals surface area contributed by atoms with Crippen LogP contribution in [0.1, 0.15) is 5.69 Å². The van der Waals surface area contributed by atoms with Crippen LogP contribution >= 0.6 is 15.9 Å². The fraction of sp³-hybridized carbons (Fsp3) is 0.0833. The van der Waals surface area contributed by atoms with Gasteiger partial charge in [-0.3, -0.25) is 4.40 Å². The van der Waals surface area contributed by atoms with Crippen molar-refractivity contribution in [3.8, 4) is 0 Å². The monoisotopic (exact) mass is 278 g/mol. The number of hydrogen-bond acceptors (Lipinski definition) is 1.